The lowest BCUT2D eigenvalue weighted by Gasteiger charge is -2.32. The van der Waals surface area contributed by atoms with Crippen LogP contribution >= 0.6 is 0 Å². The van der Waals surface area contributed by atoms with Crippen molar-refractivity contribution in [3.8, 4) is 0 Å². The molecular weight excluding hydrogens is 442 g/mol. The highest BCUT2D eigenvalue weighted by Crippen LogP contribution is 2.30. The summed E-state index contributed by atoms with van der Waals surface area (Å²) in [6, 6.07) is 25.4. The number of allylic oxidation sites excluding steroid dienone is 2. The molecule has 2 unspecified atom stereocenters. The van der Waals surface area contributed by atoms with Gasteiger partial charge in [-0.15, -0.1) is 0 Å². The number of amides is 2. The summed E-state index contributed by atoms with van der Waals surface area (Å²) < 4.78 is 0. The second-order valence-corrected chi connectivity index (χ2v) is 8.62. The number of rotatable bonds is 8. The van der Waals surface area contributed by atoms with E-state index in [0.29, 0.717) is 31.6 Å². The van der Waals surface area contributed by atoms with Gasteiger partial charge in [0.05, 0.1) is 16.8 Å². The first-order valence-corrected chi connectivity index (χ1v) is 11.6. The van der Waals surface area contributed by atoms with Crippen molar-refractivity contribution in [2.45, 2.75) is 25.9 Å². The Kier molecular flexibility index (Phi) is 7.67. The molecule has 1 aliphatic carbocycles. The quantitative estimate of drug-likeness (QED) is 0.274. The third kappa shape index (κ3) is 6.20. The summed E-state index contributed by atoms with van der Waals surface area (Å²) >= 11 is 0. The molecule has 178 valence electrons. The van der Waals surface area contributed by atoms with Crippen molar-refractivity contribution >= 4 is 23.2 Å². The van der Waals surface area contributed by atoms with Gasteiger partial charge in [0.1, 0.15) is 0 Å². The molecule has 0 heterocycles. The Hall–Kier alpha value is -4.26. The van der Waals surface area contributed by atoms with Crippen molar-refractivity contribution in [2.75, 3.05) is 5.32 Å². The van der Waals surface area contributed by atoms with Crippen LogP contribution in [0.25, 0.3) is 0 Å². The summed E-state index contributed by atoms with van der Waals surface area (Å²) in [5.74, 6) is -1.49. The molecule has 0 bridgehead atoms. The standard InChI is InChI=1S/C28H27N3O4/c32-27(29-23-14-9-15-24(18-23)31(34)35)25-16-7-8-17-26(25)28(33)30(19-21-10-3-1-4-11-21)20-22-12-5-2-6-13-22/h1-15,18,25-26H,16-17,19-20H2,(H,29,32). The van der Waals surface area contributed by atoms with Gasteiger partial charge in [0.25, 0.3) is 5.69 Å². The number of anilines is 1. The molecule has 7 heteroatoms. The second-order valence-electron chi connectivity index (χ2n) is 8.62. The van der Waals surface area contributed by atoms with E-state index in [1.165, 1.54) is 18.2 Å². The van der Waals surface area contributed by atoms with Crippen LogP contribution < -0.4 is 5.32 Å². The highest BCUT2D eigenvalue weighted by Gasteiger charge is 2.36. The van der Waals surface area contributed by atoms with Crippen molar-refractivity contribution in [3.63, 3.8) is 0 Å². The number of carbonyl (C=O) groups excluding carboxylic acids is 2. The van der Waals surface area contributed by atoms with Crippen LogP contribution in [0.5, 0.6) is 0 Å². The van der Waals surface area contributed by atoms with E-state index < -0.39 is 16.8 Å². The number of non-ortho nitro benzene ring substituents is 1. The fourth-order valence-corrected chi connectivity index (χ4v) is 4.36. The Morgan fingerprint density at radius 1 is 0.829 bits per heavy atom. The van der Waals surface area contributed by atoms with Gasteiger partial charge in [0.2, 0.25) is 11.8 Å². The highest BCUT2D eigenvalue weighted by molar-refractivity contribution is 5.96. The third-order valence-corrected chi connectivity index (χ3v) is 6.16. The minimum absolute atomic E-state index is 0.0822. The molecule has 0 spiro atoms. The van der Waals surface area contributed by atoms with Crippen molar-refractivity contribution in [3.05, 3.63) is 118 Å². The summed E-state index contributed by atoms with van der Waals surface area (Å²) in [6.45, 7) is 0.877. The van der Waals surface area contributed by atoms with Gasteiger partial charge in [-0.1, -0.05) is 78.9 Å². The van der Waals surface area contributed by atoms with Gasteiger partial charge in [-0.2, -0.15) is 0 Å². The van der Waals surface area contributed by atoms with Crippen LogP contribution in [0.15, 0.2) is 97.1 Å². The second kappa shape index (κ2) is 11.2. The predicted octanol–water partition coefficient (Wildman–Crippen LogP) is 5.34. The number of nitro groups is 1. The Bertz CT molecular complexity index is 1170. The molecule has 4 rings (SSSR count). The zero-order chi connectivity index (χ0) is 24.6. The number of benzene rings is 3. The zero-order valence-electron chi connectivity index (χ0n) is 19.2. The summed E-state index contributed by atoms with van der Waals surface area (Å²) in [6.07, 6.45) is 4.76. The number of nitrogens with one attached hydrogen (secondary N) is 1. The van der Waals surface area contributed by atoms with E-state index in [-0.39, 0.29) is 17.5 Å². The molecule has 1 N–H and O–H groups in total. The average Bonchev–Trinajstić information content (AvgIpc) is 2.89. The molecule has 2 amide bonds. The van der Waals surface area contributed by atoms with Crippen molar-refractivity contribution in [2.24, 2.45) is 11.8 Å². The van der Waals surface area contributed by atoms with Gasteiger partial charge in [-0.05, 0) is 30.0 Å². The number of nitrogens with zero attached hydrogens (tertiary/aromatic N) is 2. The van der Waals surface area contributed by atoms with Crippen LogP contribution in [0.1, 0.15) is 24.0 Å². The zero-order valence-corrected chi connectivity index (χ0v) is 19.2. The lowest BCUT2D eigenvalue weighted by atomic mass is 9.81. The van der Waals surface area contributed by atoms with Crippen molar-refractivity contribution in [1.82, 2.24) is 4.90 Å². The highest BCUT2D eigenvalue weighted by atomic mass is 16.6. The van der Waals surface area contributed by atoms with E-state index in [4.69, 9.17) is 0 Å². The van der Waals surface area contributed by atoms with Crippen LogP contribution in [-0.2, 0) is 22.7 Å². The summed E-state index contributed by atoms with van der Waals surface area (Å²) in [5, 5.41) is 13.9. The van der Waals surface area contributed by atoms with E-state index in [2.05, 4.69) is 5.32 Å². The number of carbonyl (C=O) groups is 2. The Morgan fingerprint density at radius 2 is 1.40 bits per heavy atom. The van der Waals surface area contributed by atoms with E-state index in [1.807, 2.05) is 77.7 Å². The van der Waals surface area contributed by atoms with E-state index in [9.17, 15) is 19.7 Å². The molecule has 0 aliphatic heterocycles. The minimum Gasteiger partial charge on any atom is -0.334 e. The Labute approximate surface area is 204 Å². The smallest absolute Gasteiger partial charge is 0.271 e. The fraction of sp³-hybridized carbons (Fsp3) is 0.214. The van der Waals surface area contributed by atoms with Gasteiger partial charge < -0.3 is 10.2 Å². The minimum atomic E-state index is -0.569. The maximum Gasteiger partial charge on any atom is 0.271 e. The molecule has 35 heavy (non-hydrogen) atoms. The van der Waals surface area contributed by atoms with Gasteiger partial charge >= 0.3 is 0 Å². The number of nitro benzene ring substituents is 1. The van der Waals surface area contributed by atoms with Gasteiger partial charge in [-0.25, -0.2) is 0 Å². The molecule has 0 saturated carbocycles. The molecular formula is C28H27N3O4. The first-order chi connectivity index (χ1) is 17.0. The third-order valence-electron chi connectivity index (χ3n) is 6.16. The van der Waals surface area contributed by atoms with Crippen LogP contribution in [0.3, 0.4) is 0 Å². The van der Waals surface area contributed by atoms with Gasteiger partial charge in [0, 0.05) is 30.9 Å². The summed E-state index contributed by atoms with van der Waals surface area (Å²) in [4.78, 5) is 39.5. The molecule has 3 aromatic rings. The largest absolute Gasteiger partial charge is 0.334 e. The molecule has 1 aliphatic rings. The van der Waals surface area contributed by atoms with Crippen LogP contribution in [-0.4, -0.2) is 21.6 Å². The van der Waals surface area contributed by atoms with Crippen LogP contribution in [0.4, 0.5) is 11.4 Å². The first kappa shape index (κ1) is 23.9. The monoisotopic (exact) mass is 469 g/mol. The van der Waals surface area contributed by atoms with Crippen LogP contribution in [0.2, 0.25) is 0 Å². The molecule has 0 radical (unpaired) electrons. The number of hydrogen-bond donors (Lipinski definition) is 1. The molecule has 0 fully saturated rings. The maximum atomic E-state index is 13.8. The summed E-state index contributed by atoms with van der Waals surface area (Å²) in [5.41, 5.74) is 2.27. The summed E-state index contributed by atoms with van der Waals surface area (Å²) in [7, 11) is 0. The average molecular weight is 470 g/mol. The maximum absolute atomic E-state index is 13.8. The molecule has 3 aromatic carbocycles. The fourth-order valence-electron chi connectivity index (χ4n) is 4.36. The molecule has 2 atom stereocenters. The SMILES string of the molecule is O=C(Nc1cccc([N+](=O)[O-])c1)C1CC=CCC1C(=O)N(Cc1ccccc1)Cc1ccccc1. The number of hydrogen-bond acceptors (Lipinski definition) is 4. The molecule has 7 nitrogen and oxygen atoms in total. The Balaban J connectivity index is 1.55. The Morgan fingerprint density at radius 3 is 1.97 bits per heavy atom. The van der Waals surface area contributed by atoms with Crippen molar-refractivity contribution in [1.29, 1.82) is 0 Å². The predicted molar refractivity (Wildman–Crippen MR) is 134 cm³/mol. The molecule has 0 saturated heterocycles. The van der Waals surface area contributed by atoms with Gasteiger partial charge in [-0.3, -0.25) is 19.7 Å². The van der Waals surface area contributed by atoms with Crippen LogP contribution in [0, 0.1) is 22.0 Å². The van der Waals surface area contributed by atoms with E-state index in [1.54, 1.807) is 6.07 Å². The normalized spacial score (nSPS) is 16.9. The lowest BCUT2D eigenvalue weighted by Crippen LogP contribution is -2.42. The van der Waals surface area contributed by atoms with Gasteiger partial charge in [0.15, 0.2) is 0 Å². The lowest BCUT2D eigenvalue weighted by molar-refractivity contribution is -0.384. The topological polar surface area (TPSA) is 92.5 Å². The van der Waals surface area contributed by atoms with E-state index >= 15 is 0 Å². The van der Waals surface area contributed by atoms with E-state index in [0.717, 1.165) is 11.1 Å². The van der Waals surface area contributed by atoms with Crippen molar-refractivity contribution < 1.29 is 14.5 Å². The first-order valence-electron chi connectivity index (χ1n) is 11.6. The molecule has 0 aromatic heterocycles.